The number of hydrogen-bond donors (Lipinski definition) is 2. The number of urea groups is 1. The maximum atomic E-state index is 13.7. The summed E-state index contributed by atoms with van der Waals surface area (Å²) < 4.78 is 0. The van der Waals surface area contributed by atoms with Gasteiger partial charge in [-0.15, -0.1) is 0 Å². The SMILES string of the molecule is C[C@@H]1CN(C(=O)N2Cc3c(NC(=O)c4ccccn4)n[nH]c3C2(C)C)[C@@H](C)CN1CC1CC1. The van der Waals surface area contributed by atoms with Crippen LogP contribution in [0.15, 0.2) is 24.4 Å². The molecule has 2 aromatic heterocycles. The van der Waals surface area contributed by atoms with Gasteiger partial charge in [-0.1, -0.05) is 6.07 Å². The molecule has 0 radical (unpaired) electrons. The molecule has 2 N–H and O–H groups in total. The van der Waals surface area contributed by atoms with Crippen molar-refractivity contribution in [1.82, 2.24) is 29.9 Å². The highest BCUT2D eigenvalue weighted by atomic mass is 16.2. The normalized spacial score (nSPS) is 24.6. The van der Waals surface area contributed by atoms with Gasteiger partial charge in [0.2, 0.25) is 0 Å². The van der Waals surface area contributed by atoms with Crippen LogP contribution in [0.25, 0.3) is 0 Å². The number of hydrogen-bond acceptors (Lipinski definition) is 5. The number of pyridine rings is 1. The largest absolute Gasteiger partial charge is 0.321 e. The molecule has 9 nitrogen and oxygen atoms in total. The molecule has 2 fully saturated rings. The van der Waals surface area contributed by atoms with Crippen LogP contribution in [0.4, 0.5) is 10.6 Å². The van der Waals surface area contributed by atoms with Gasteiger partial charge in [0.25, 0.3) is 5.91 Å². The van der Waals surface area contributed by atoms with Crippen molar-refractivity contribution in [2.75, 3.05) is 25.0 Å². The number of nitrogens with one attached hydrogen (secondary N) is 2. The zero-order chi connectivity index (χ0) is 23.3. The minimum atomic E-state index is -0.554. The van der Waals surface area contributed by atoms with Gasteiger partial charge in [-0.3, -0.25) is 19.8 Å². The number of carbonyl (C=O) groups excluding carboxylic acids is 2. The number of aromatic nitrogens is 3. The second-order valence-electron chi connectivity index (χ2n) is 10.3. The van der Waals surface area contributed by atoms with Gasteiger partial charge in [0.1, 0.15) is 5.69 Å². The number of anilines is 1. The summed E-state index contributed by atoms with van der Waals surface area (Å²) in [5, 5.41) is 10.3. The Morgan fingerprint density at radius 1 is 1.18 bits per heavy atom. The summed E-state index contributed by atoms with van der Waals surface area (Å²) in [7, 11) is 0. The Balaban J connectivity index is 1.31. The molecule has 5 rings (SSSR count). The van der Waals surface area contributed by atoms with Crippen LogP contribution in [0.5, 0.6) is 0 Å². The Bertz CT molecular complexity index is 1050. The molecule has 2 aliphatic heterocycles. The van der Waals surface area contributed by atoms with E-state index in [4.69, 9.17) is 0 Å². The molecule has 1 saturated heterocycles. The van der Waals surface area contributed by atoms with Crippen LogP contribution >= 0.6 is 0 Å². The number of carbonyl (C=O) groups is 2. The third kappa shape index (κ3) is 3.99. The number of aromatic amines is 1. The van der Waals surface area contributed by atoms with E-state index >= 15 is 0 Å². The van der Waals surface area contributed by atoms with Crippen LogP contribution in [0, 0.1) is 5.92 Å². The van der Waals surface area contributed by atoms with Crippen molar-refractivity contribution in [2.24, 2.45) is 5.92 Å². The molecule has 1 saturated carbocycles. The molecular formula is C24H33N7O2. The predicted octanol–water partition coefficient (Wildman–Crippen LogP) is 3.03. The molecule has 33 heavy (non-hydrogen) atoms. The summed E-state index contributed by atoms with van der Waals surface area (Å²) in [5.41, 5.74) is 1.49. The van der Waals surface area contributed by atoms with Gasteiger partial charge in [0.15, 0.2) is 5.82 Å². The van der Waals surface area contributed by atoms with E-state index in [0.29, 0.717) is 24.1 Å². The summed E-state index contributed by atoms with van der Waals surface area (Å²) in [5.74, 6) is 0.984. The highest BCUT2D eigenvalue weighted by Gasteiger charge is 2.47. The van der Waals surface area contributed by atoms with E-state index < -0.39 is 5.54 Å². The van der Waals surface area contributed by atoms with Crippen molar-refractivity contribution in [2.45, 2.75) is 64.7 Å². The monoisotopic (exact) mass is 451 g/mol. The molecule has 3 aliphatic rings. The summed E-state index contributed by atoms with van der Waals surface area (Å²) in [6, 6.07) is 5.74. The maximum absolute atomic E-state index is 13.7. The first-order valence-corrected chi connectivity index (χ1v) is 11.9. The summed E-state index contributed by atoms with van der Waals surface area (Å²) >= 11 is 0. The van der Waals surface area contributed by atoms with Gasteiger partial charge < -0.3 is 15.1 Å². The molecule has 0 unspecified atom stereocenters. The molecule has 9 heteroatoms. The molecule has 1 aliphatic carbocycles. The van der Waals surface area contributed by atoms with Gasteiger partial charge in [-0.2, -0.15) is 5.10 Å². The summed E-state index contributed by atoms with van der Waals surface area (Å²) in [6.45, 7) is 11.6. The molecule has 0 aromatic carbocycles. The van der Waals surface area contributed by atoms with Crippen LogP contribution in [-0.4, -0.2) is 73.5 Å². The Hall–Kier alpha value is -2.94. The second kappa shape index (κ2) is 8.13. The second-order valence-corrected chi connectivity index (χ2v) is 10.3. The maximum Gasteiger partial charge on any atom is 0.321 e. The number of nitrogens with zero attached hydrogens (tertiary/aromatic N) is 5. The van der Waals surface area contributed by atoms with E-state index in [1.165, 1.54) is 12.8 Å². The zero-order valence-corrected chi connectivity index (χ0v) is 19.8. The highest BCUT2D eigenvalue weighted by Crippen LogP contribution is 2.41. The summed E-state index contributed by atoms with van der Waals surface area (Å²) in [6.07, 6.45) is 4.26. The van der Waals surface area contributed by atoms with Gasteiger partial charge in [0, 0.05) is 43.5 Å². The lowest BCUT2D eigenvalue weighted by atomic mass is 10.0. The molecule has 176 valence electrons. The lowest BCUT2D eigenvalue weighted by Crippen LogP contribution is -2.61. The van der Waals surface area contributed by atoms with Crippen molar-refractivity contribution < 1.29 is 9.59 Å². The molecule has 2 aromatic rings. The Labute approximate surface area is 194 Å². The highest BCUT2D eigenvalue weighted by molar-refractivity contribution is 6.02. The van der Waals surface area contributed by atoms with Crippen molar-refractivity contribution in [3.05, 3.63) is 41.3 Å². The molecule has 0 bridgehead atoms. The first-order chi connectivity index (χ1) is 15.8. The Morgan fingerprint density at radius 2 is 1.97 bits per heavy atom. The average Bonchev–Trinajstić information content (AvgIpc) is 3.45. The van der Waals surface area contributed by atoms with Crippen LogP contribution in [0.3, 0.4) is 0 Å². The number of fused-ring (bicyclic) bond motifs is 1. The number of H-pyrrole nitrogens is 1. The first kappa shape index (κ1) is 21.9. The Morgan fingerprint density at radius 3 is 2.67 bits per heavy atom. The van der Waals surface area contributed by atoms with Crippen molar-refractivity contribution in [1.29, 1.82) is 0 Å². The van der Waals surface area contributed by atoms with Crippen LogP contribution in [-0.2, 0) is 12.1 Å². The number of piperazine rings is 1. The van der Waals surface area contributed by atoms with Crippen LogP contribution < -0.4 is 5.32 Å². The quantitative estimate of drug-likeness (QED) is 0.745. The van der Waals surface area contributed by atoms with Crippen LogP contribution in [0.2, 0.25) is 0 Å². The van der Waals surface area contributed by atoms with Gasteiger partial charge in [-0.25, -0.2) is 4.79 Å². The van der Waals surface area contributed by atoms with E-state index in [-0.39, 0.29) is 18.0 Å². The van der Waals surface area contributed by atoms with Crippen molar-refractivity contribution in [3.63, 3.8) is 0 Å². The van der Waals surface area contributed by atoms with Gasteiger partial charge in [-0.05, 0) is 58.6 Å². The smallest absolute Gasteiger partial charge is 0.319 e. The number of amides is 3. The van der Waals surface area contributed by atoms with E-state index in [1.54, 1.807) is 24.4 Å². The van der Waals surface area contributed by atoms with E-state index in [2.05, 4.69) is 39.2 Å². The predicted molar refractivity (Wildman–Crippen MR) is 125 cm³/mol. The minimum Gasteiger partial charge on any atom is -0.319 e. The lowest BCUT2D eigenvalue weighted by Gasteiger charge is -2.47. The van der Waals surface area contributed by atoms with E-state index in [9.17, 15) is 9.59 Å². The van der Waals surface area contributed by atoms with Crippen molar-refractivity contribution >= 4 is 17.8 Å². The topological polar surface area (TPSA) is 97.5 Å². The van der Waals surface area contributed by atoms with Gasteiger partial charge in [0.05, 0.1) is 17.8 Å². The third-order valence-corrected chi connectivity index (χ3v) is 7.38. The van der Waals surface area contributed by atoms with E-state index in [0.717, 1.165) is 36.8 Å². The van der Waals surface area contributed by atoms with Crippen molar-refractivity contribution in [3.8, 4) is 0 Å². The van der Waals surface area contributed by atoms with E-state index in [1.807, 2.05) is 23.6 Å². The lowest BCUT2D eigenvalue weighted by molar-refractivity contribution is 0.0331. The standard InChI is InChI=1S/C24H33N7O2/c1-15-12-30(16(2)11-29(15)13-17-8-9-17)23(33)31-14-18-20(24(31,3)4)27-28-21(18)26-22(32)19-7-5-6-10-25-19/h5-7,10,15-17H,8-9,11-14H2,1-4H3,(H2,26,27,28,32)/t15-,16+/m1/s1. The Kier molecular flexibility index (Phi) is 5.39. The summed E-state index contributed by atoms with van der Waals surface area (Å²) in [4.78, 5) is 36.9. The average molecular weight is 452 g/mol. The fourth-order valence-electron chi connectivity index (χ4n) is 5.10. The molecule has 2 atom stereocenters. The fourth-order valence-corrected chi connectivity index (χ4v) is 5.10. The molecule has 0 spiro atoms. The third-order valence-electron chi connectivity index (χ3n) is 7.38. The molecular weight excluding hydrogens is 418 g/mol. The fraction of sp³-hybridized carbons (Fsp3) is 0.583. The zero-order valence-electron chi connectivity index (χ0n) is 19.8. The number of rotatable bonds is 4. The first-order valence-electron chi connectivity index (χ1n) is 11.9. The minimum absolute atomic E-state index is 0.0389. The molecule has 3 amide bonds. The van der Waals surface area contributed by atoms with Gasteiger partial charge >= 0.3 is 6.03 Å². The molecule has 4 heterocycles. The van der Waals surface area contributed by atoms with Crippen LogP contribution in [0.1, 0.15) is 62.3 Å².